The predicted octanol–water partition coefficient (Wildman–Crippen LogP) is 12.3. The van der Waals surface area contributed by atoms with Crippen molar-refractivity contribution in [1.29, 1.82) is 0 Å². The van der Waals surface area contributed by atoms with Crippen molar-refractivity contribution >= 4 is 5.97 Å². The van der Waals surface area contributed by atoms with Gasteiger partial charge in [-0.3, -0.25) is 4.79 Å². The number of hydrogen-bond acceptors (Lipinski definition) is 14. The number of unbranched alkanes of at least 4 members (excludes halogenated alkanes) is 30. The summed E-state index contributed by atoms with van der Waals surface area (Å²) in [4.78, 5) is 13.1. The summed E-state index contributed by atoms with van der Waals surface area (Å²) < 4.78 is 34.5. The van der Waals surface area contributed by atoms with Crippen molar-refractivity contribution < 1.29 is 69.0 Å². The molecule has 0 aromatic heterocycles. The largest absolute Gasteiger partial charge is 0.457 e. The minimum Gasteiger partial charge on any atom is -0.457 e. The van der Waals surface area contributed by atoms with Gasteiger partial charge in [0.15, 0.2) is 12.6 Å². The molecule has 11 atom stereocenters. The summed E-state index contributed by atoms with van der Waals surface area (Å²) in [5.74, 6) is -0.372. The van der Waals surface area contributed by atoms with Crippen LogP contribution in [0.2, 0.25) is 0 Å². The smallest absolute Gasteiger partial charge is 0.306 e. The first-order valence-electron chi connectivity index (χ1n) is 31.7. The molecule has 2 heterocycles. The molecular formula is C64H116O14. The first kappa shape index (κ1) is 72.1. The van der Waals surface area contributed by atoms with Crippen LogP contribution < -0.4 is 0 Å². The highest BCUT2D eigenvalue weighted by Crippen LogP contribution is 2.27. The summed E-state index contributed by atoms with van der Waals surface area (Å²) in [6.07, 6.45) is 46.0. The summed E-state index contributed by atoms with van der Waals surface area (Å²) in [6.45, 7) is 3.62. The SMILES string of the molecule is CC/C=C\C/C=C\C/C=C\C/C=C\CCCCCCCCCCCCCOCC(COC1OC(COC2OC(CO)C(O)C(O)C2O)C(O)C(O)C1O)OC(=O)CCCCCCCCCCCCCCCCCCCCCC. The molecule has 7 N–H and O–H groups in total. The van der Waals surface area contributed by atoms with Crippen molar-refractivity contribution in [3.8, 4) is 0 Å². The highest BCUT2D eigenvalue weighted by Gasteiger charge is 2.47. The molecule has 0 saturated carbocycles. The summed E-state index contributed by atoms with van der Waals surface area (Å²) >= 11 is 0. The summed E-state index contributed by atoms with van der Waals surface area (Å²) in [5.41, 5.74) is 0. The summed E-state index contributed by atoms with van der Waals surface area (Å²) in [5, 5.41) is 72.5. The van der Waals surface area contributed by atoms with Crippen molar-refractivity contribution in [2.75, 3.05) is 33.0 Å². The van der Waals surface area contributed by atoms with Gasteiger partial charge < -0.3 is 64.2 Å². The lowest BCUT2D eigenvalue weighted by Gasteiger charge is -2.42. The zero-order valence-electron chi connectivity index (χ0n) is 49.2. The van der Waals surface area contributed by atoms with Crippen molar-refractivity contribution in [3.63, 3.8) is 0 Å². The van der Waals surface area contributed by atoms with Crippen molar-refractivity contribution in [2.45, 2.75) is 319 Å². The van der Waals surface area contributed by atoms with E-state index < -0.39 is 80.7 Å². The fraction of sp³-hybridized carbons (Fsp3) is 0.859. The van der Waals surface area contributed by atoms with E-state index in [2.05, 4.69) is 62.5 Å². The number of ether oxygens (including phenoxy) is 6. The first-order valence-corrected chi connectivity index (χ1v) is 31.7. The number of carbonyl (C=O) groups excluding carboxylic acids is 1. The molecule has 2 aliphatic heterocycles. The molecule has 0 bridgehead atoms. The Morgan fingerprint density at radius 2 is 0.833 bits per heavy atom. The van der Waals surface area contributed by atoms with Gasteiger partial charge in [-0.15, -0.1) is 0 Å². The molecular weight excluding hydrogens is 993 g/mol. The van der Waals surface area contributed by atoms with Crippen LogP contribution in [0.3, 0.4) is 0 Å². The fourth-order valence-corrected chi connectivity index (χ4v) is 10.0. The maximum absolute atomic E-state index is 13.1. The highest BCUT2D eigenvalue weighted by atomic mass is 16.7. The van der Waals surface area contributed by atoms with Gasteiger partial charge >= 0.3 is 5.97 Å². The van der Waals surface area contributed by atoms with E-state index in [0.29, 0.717) is 13.0 Å². The average molecular weight is 1110 g/mol. The quantitative estimate of drug-likeness (QED) is 0.0172. The lowest BCUT2D eigenvalue weighted by Crippen LogP contribution is -2.61. The topological polar surface area (TPSA) is 214 Å². The molecule has 0 aromatic carbocycles. The van der Waals surface area contributed by atoms with E-state index in [1.54, 1.807) is 0 Å². The number of allylic oxidation sites excluding steroid dienone is 8. The standard InChI is InChI=1S/C64H116O14/c1-3-5-7-9-11-13-15-17-19-21-23-25-26-27-28-30-32-34-36-38-40-42-44-46-48-73-50-53(76-56(66)47-45-43-41-39-37-35-33-31-29-24-22-20-18-16-14-12-10-8-6-4-2)51-74-63-62(72)60(70)58(68)55(78-63)52-75-64-61(71)59(69)57(67)54(49-65)77-64/h5,7,11,13,17,19,23,25,53-55,57-65,67-72H,3-4,6,8-10,12,14-16,18,20-22,24,26-52H2,1-2H3/b7-5-,13-11-,19-17-,25-23-. The monoisotopic (exact) mass is 1110 g/mol. The Morgan fingerprint density at radius 1 is 0.436 bits per heavy atom. The van der Waals surface area contributed by atoms with Gasteiger partial charge in [0.1, 0.15) is 54.9 Å². The van der Waals surface area contributed by atoms with Crippen LogP contribution in [0.5, 0.6) is 0 Å². The summed E-state index contributed by atoms with van der Waals surface area (Å²) in [6, 6.07) is 0. The molecule has 14 heteroatoms. The summed E-state index contributed by atoms with van der Waals surface area (Å²) in [7, 11) is 0. The van der Waals surface area contributed by atoms with E-state index in [-0.39, 0.29) is 25.6 Å². The van der Waals surface area contributed by atoms with Crippen molar-refractivity contribution in [1.82, 2.24) is 0 Å². The molecule has 14 nitrogen and oxygen atoms in total. The van der Waals surface area contributed by atoms with Crippen LogP contribution in [0.4, 0.5) is 0 Å². The third kappa shape index (κ3) is 36.4. The van der Waals surface area contributed by atoms with E-state index in [9.17, 15) is 40.5 Å². The number of rotatable bonds is 52. The number of aliphatic hydroxyl groups is 7. The third-order valence-electron chi connectivity index (χ3n) is 15.1. The number of hydrogen-bond donors (Lipinski definition) is 7. The molecule has 78 heavy (non-hydrogen) atoms. The van der Waals surface area contributed by atoms with Crippen LogP contribution in [-0.2, 0) is 33.2 Å². The number of esters is 1. The van der Waals surface area contributed by atoms with Gasteiger partial charge in [-0.25, -0.2) is 0 Å². The average Bonchev–Trinajstić information content (AvgIpc) is 3.45. The molecule has 11 unspecified atom stereocenters. The molecule has 2 fully saturated rings. The Labute approximate surface area is 473 Å². The Bertz CT molecular complexity index is 1470. The zero-order chi connectivity index (χ0) is 56.5. The van der Waals surface area contributed by atoms with Crippen LogP contribution in [0.15, 0.2) is 48.6 Å². The minimum atomic E-state index is -1.71. The second-order valence-electron chi connectivity index (χ2n) is 22.2. The first-order chi connectivity index (χ1) is 38.1. The van der Waals surface area contributed by atoms with Gasteiger partial charge in [0.25, 0.3) is 0 Å². The number of carbonyl (C=O) groups is 1. The molecule has 0 aromatic rings. The lowest BCUT2D eigenvalue weighted by atomic mass is 9.98. The van der Waals surface area contributed by atoms with Gasteiger partial charge in [0.05, 0.1) is 26.4 Å². The van der Waals surface area contributed by atoms with Crippen molar-refractivity contribution in [3.05, 3.63) is 48.6 Å². The third-order valence-corrected chi connectivity index (χ3v) is 15.1. The second kappa shape index (κ2) is 50.7. The molecule has 2 saturated heterocycles. The van der Waals surface area contributed by atoms with E-state index in [1.807, 2.05) is 0 Å². The van der Waals surface area contributed by atoms with Gasteiger partial charge in [-0.1, -0.05) is 242 Å². The zero-order valence-corrected chi connectivity index (χ0v) is 49.2. The Kier molecular flexibility index (Phi) is 46.8. The maximum Gasteiger partial charge on any atom is 0.306 e. The predicted molar refractivity (Wildman–Crippen MR) is 312 cm³/mol. The van der Waals surface area contributed by atoms with Gasteiger partial charge in [0.2, 0.25) is 0 Å². The minimum absolute atomic E-state index is 0.0616. The normalized spacial score (nSPS) is 24.4. The molecule has 2 rings (SSSR count). The molecule has 0 spiro atoms. The molecule has 0 aliphatic carbocycles. The van der Waals surface area contributed by atoms with Crippen LogP contribution in [0.1, 0.15) is 251 Å². The Hall–Kier alpha value is -2.05. The molecule has 0 amide bonds. The van der Waals surface area contributed by atoms with E-state index in [4.69, 9.17) is 28.4 Å². The molecule has 456 valence electrons. The second-order valence-corrected chi connectivity index (χ2v) is 22.2. The van der Waals surface area contributed by atoms with Gasteiger partial charge in [0, 0.05) is 13.0 Å². The van der Waals surface area contributed by atoms with Gasteiger partial charge in [-0.05, 0) is 51.4 Å². The Morgan fingerprint density at radius 3 is 1.31 bits per heavy atom. The number of aliphatic hydroxyl groups excluding tert-OH is 7. The van der Waals surface area contributed by atoms with E-state index in [1.165, 1.54) is 154 Å². The maximum atomic E-state index is 13.1. The van der Waals surface area contributed by atoms with E-state index >= 15 is 0 Å². The lowest BCUT2D eigenvalue weighted by molar-refractivity contribution is -0.332. The van der Waals surface area contributed by atoms with Crippen LogP contribution in [0.25, 0.3) is 0 Å². The van der Waals surface area contributed by atoms with Crippen molar-refractivity contribution in [2.24, 2.45) is 0 Å². The van der Waals surface area contributed by atoms with Crippen LogP contribution >= 0.6 is 0 Å². The molecule has 2 aliphatic rings. The molecule has 0 radical (unpaired) electrons. The van der Waals surface area contributed by atoms with Crippen LogP contribution in [-0.4, -0.2) is 142 Å². The van der Waals surface area contributed by atoms with E-state index in [0.717, 1.165) is 70.6 Å². The Balaban J connectivity index is 1.67. The fourth-order valence-electron chi connectivity index (χ4n) is 10.0. The van der Waals surface area contributed by atoms with Gasteiger partial charge in [-0.2, -0.15) is 0 Å². The van der Waals surface area contributed by atoms with Crippen LogP contribution in [0, 0.1) is 0 Å². The highest BCUT2D eigenvalue weighted by molar-refractivity contribution is 5.69.